The second-order valence-corrected chi connectivity index (χ2v) is 13.6. The number of hydrogen-bond acceptors (Lipinski definition) is 4. The third-order valence-electron chi connectivity index (χ3n) is 8.50. The van der Waals surface area contributed by atoms with Crippen molar-refractivity contribution in [1.82, 2.24) is 13.8 Å². The van der Waals surface area contributed by atoms with Gasteiger partial charge in [-0.15, -0.1) is 0 Å². The maximum Gasteiger partial charge on any atom is 0.244 e. The van der Waals surface area contributed by atoms with Crippen LogP contribution >= 0.6 is 15.9 Å². The molecule has 0 spiro atoms. The number of sulfonamides is 1. The Morgan fingerprint density at radius 2 is 1.75 bits per heavy atom. The molecular formula is C30H33BrN4O4S. The smallest absolute Gasteiger partial charge is 0.244 e. The Balaban J connectivity index is 1.30. The number of rotatable bonds is 5. The van der Waals surface area contributed by atoms with Crippen LogP contribution in [0.5, 0.6) is 0 Å². The van der Waals surface area contributed by atoms with Gasteiger partial charge in [0.25, 0.3) is 0 Å². The van der Waals surface area contributed by atoms with Gasteiger partial charge in [-0.2, -0.15) is 4.31 Å². The highest BCUT2D eigenvalue weighted by Gasteiger charge is 2.33. The molecule has 0 atom stereocenters. The van der Waals surface area contributed by atoms with Gasteiger partial charge in [-0.3, -0.25) is 9.59 Å². The summed E-state index contributed by atoms with van der Waals surface area (Å²) in [6.45, 7) is 6.68. The lowest BCUT2D eigenvalue weighted by Crippen LogP contribution is -2.35. The molecular weight excluding hydrogens is 592 g/mol. The van der Waals surface area contributed by atoms with E-state index in [4.69, 9.17) is 0 Å². The maximum atomic E-state index is 13.8. The van der Waals surface area contributed by atoms with Crippen LogP contribution in [0.25, 0.3) is 16.5 Å². The van der Waals surface area contributed by atoms with Gasteiger partial charge < -0.3 is 14.4 Å². The van der Waals surface area contributed by atoms with Crippen molar-refractivity contribution in [2.45, 2.75) is 51.0 Å². The molecule has 3 aliphatic heterocycles. The summed E-state index contributed by atoms with van der Waals surface area (Å²) in [6.07, 6.45) is 5.40. The first-order valence-electron chi connectivity index (χ1n) is 13.8. The summed E-state index contributed by atoms with van der Waals surface area (Å²) >= 11 is 3.48. The Hall–Kier alpha value is -2.95. The van der Waals surface area contributed by atoms with E-state index in [0.29, 0.717) is 42.6 Å². The number of anilines is 1. The number of carbonyl (C=O) groups is 2. The Kier molecular flexibility index (Phi) is 7.13. The van der Waals surface area contributed by atoms with Crippen molar-refractivity contribution in [3.8, 4) is 0 Å². The Morgan fingerprint density at radius 1 is 1.00 bits per heavy atom. The molecule has 40 heavy (non-hydrogen) atoms. The number of fused-ring (bicyclic) bond motifs is 2. The largest absolute Gasteiger partial charge is 0.341 e. The van der Waals surface area contributed by atoms with Gasteiger partial charge in [-0.1, -0.05) is 24.3 Å². The molecule has 210 valence electrons. The quantitative estimate of drug-likeness (QED) is 0.411. The van der Waals surface area contributed by atoms with E-state index in [9.17, 15) is 18.0 Å². The van der Waals surface area contributed by atoms with Crippen LogP contribution < -0.4 is 4.90 Å². The molecule has 10 heteroatoms. The van der Waals surface area contributed by atoms with Crippen molar-refractivity contribution in [3.63, 3.8) is 0 Å². The first-order chi connectivity index (χ1) is 19.2. The summed E-state index contributed by atoms with van der Waals surface area (Å²) in [5.41, 5.74) is 5.89. The number of nitrogens with zero attached hydrogens (tertiary/aromatic N) is 4. The van der Waals surface area contributed by atoms with Crippen molar-refractivity contribution in [2.24, 2.45) is 0 Å². The fraction of sp³-hybridized carbons (Fsp3) is 0.400. The summed E-state index contributed by atoms with van der Waals surface area (Å²) < 4.78 is 31.7. The minimum Gasteiger partial charge on any atom is -0.341 e. The zero-order valence-corrected chi connectivity index (χ0v) is 25.2. The summed E-state index contributed by atoms with van der Waals surface area (Å²) in [4.78, 5) is 28.9. The predicted octanol–water partition coefficient (Wildman–Crippen LogP) is 4.72. The number of aromatic nitrogens is 1. The molecule has 0 aliphatic carbocycles. The Bertz CT molecular complexity index is 1670. The van der Waals surface area contributed by atoms with E-state index in [0.717, 1.165) is 59.2 Å². The minimum atomic E-state index is -3.79. The first-order valence-corrected chi connectivity index (χ1v) is 16.1. The van der Waals surface area contributed by atoms with Crippen LogP contribution in [0.3, 0.4) is 0 Å². The molecule has 8 nitrogen and oxygen atoms in total. The monoisotopic (exact) mass is 624 g/mol. The standard InChI is InChI=1S/C30H33BrN4O4S/c1-20-30(24-7-3-4-8-26(24)35(20)19-29(37)32-12-5-6-13-32)22-9-14-33(15-10-22)40(38,39)28-18-27-23(17-25(28)31)11-16-34(27)21(2)36/h3-4,7-9,17-18H,5-6,10-16,19H2,1-2H3. The lowest BCUT2D eigenvalue weighted by atomic mass is 9.97. The summed E-state index contributed by atoms with van der Waals surface area (Å²) in [5.74, 6) is 0.0534. The van der Waals surface area contributed by atoms with E-state index in [1.807, 2.05) is 29.2 Å². The SMILES string of the molecule is CC(=O)N1CCc2cc(Br)c(S(=O)(=O)N3CC=C(c4c(C)n(CC(=O)N5CCCC5)c5ccccc45)CC3)cc21. The van der Waals surface area contributed by atoms with E-state index in [2.05, 4.69) is 39.6 Å². The second kappa shape index (κ2) is 10.5. The average molecular weight is 626 g/mol. The normalized spacial score (nSPS) is 17.9. The first kappa shape index (κ1) is 27.2. The van der Waals surface area contributed by atoms with Crippen LogP contribution in [0.4, 0.5) is 5.69 Å². The highest BCUT2D eigenvalue weighted by molar-refractivity contribution is 9.10. The fourth-order valence-corrected chi connectivity index (χ4v) is 8.84. The van der Waals surface area contributed by atoms with Crippen LogP contribution in [-0.2, 0) is 32.6 Å². The number of carbonyl (C=O) groups excluding carboxylic acids is 2. The average Bonchev–Trinajstić information content (AvgIpc) is 3.67. The zero-order valence-electron chi connectivity index (χ0n) is 22.8. The topological polar surface area (TPSA) is 82.9 Å². The number of hydrogen-bond donors (Lipinski definition) is 0. The highest BCUT2D eigenvalue weighted by Crippen LogP contribution is 2.39. The number of halogens is 1. The van der Waals surface area contributed by atoms with Crippen LogP contribution in [0.1, 0.15) is 43.0 Å². The molecule has 0 unspecified atom stereocenters. The van der Waals surface area contributed by atoms with E-state index in [1.165, 1.54) is 11.2 Å². The van der Waals surface area contributed by atoms with Crippen molar-refractivity contribution in [2.75, 3.05) is 37.6 Å². The maximum absolute atomic E-state index is 13.8. The van der Waals surface area contributed by atoms with Crippen LogP contribution in [0, 0.1) is 6.92 Å². The van der Waals surface area contributed by atoms with Gasteiger partial charge in [-0.25, -0.2) is 8.42 Å². The number of para-hydroxylation sites is 1. The van der Waals surface area contributed by atoms with Crippen LogP contribution in [0.2, 0.25) is 0 Å². The zero-order chi connectivity index (χ0) is 28.2. The van der Waals surface area contributed by atoms with E-state index >= 15 is 0 Å². The molecule has 4 heterocycles. The van der Waals surface area contributed by atoms with E-state index < -0.39 is 10.0 Å². The van der Waals surface area contributed by atoms with Gasteiger partial charge in [0, 0.05) is 72.0 Å². The summed E-state index contributed by atoms with van der Waals surface area (Å²) in [7, 11) is -3.79. The second-order valence-electron chi connectivity index (χ2n) is 10.8. The Labute approximate surface area is 243 Å². The van der Waals surface area contributed by atoms with Gasteiger partial charge in [0.15, 0.2) is 0 Å². The molecule has 0 saturated carbocycles. The van der Waals surface area contributed by atoms with Gasteiger partial charge in [-0.05, 0) is 77.9 Å². The molecule has 6 rings (SSSR count). The Morgan fingerprint density at radius 3 is 2.45 bits per heavy atom. The van der Waals surface area contributed by atoms with Crippen molar-refractivity contribution >= 4 is 59.9 Å². The molecule has 3 aromatic rings. The third kappa shape index (κ3) is 4.59. The van der Waals surface area contributed by atoms with Crippen LogP contribution in [-0.4, -0.2) is 66.7 Å². The van der Waals surface area contributed by atoms with Gasteiger partial charge in [0.2, 0.25) is 21.8 Å². The minimum absolute atomic E-state index is 0.0911. The molecule has 3 aliphatic rings. The molecule has 0 bridgehead atoms. The van der Waals surface area contributed by atoms with Gasteiger partial charge >= 0.3 is 0 Å². The fourth-order valence-electron chi connectivity index (χ4n) is 6.39. The third-order valence-corrected chi connectivity index (χ3v) is 11.3. The molecule has 1 saturated heterocycles. The summed E-state index contributed by atoms with van der Waals surface area (Å²) in [6, 6.07) is 11.6. The van der Waals surface area contributed by atoms with Crippen molar-refractivity contribution in [1.29, 1.82) is 0 Å². The number of benzene rings is 2. The predicted molar refractivity (Wildman–Crippen MR) is 160 cm³/mol. The van der Waals surface area contributed by atoms with Gasteiger partial charge in [0.1, 0.15) is 6.54 Å². The molecule has 0 radical (unpaired) electrons. The summed E-state index contributed by atoms with van der Waals surface area (Å²) in [5, 5.41) is 1.09. The highest BCUT2D eigenvalue weighted by atomic mass is 79.9. The molecule has 2 aromatic carbocycles. The number of likely N-dealkylation sites (tertiary alicyclic amines) is 1. The van der Waals surface area contributed by atoms with Gasteiger partial charge in [0.05, 0.1) is 4.90 Å². The van der Waals surface area contributed by atoms with E-state index in [1.54, 1.807) is 11.0 Å². The van der Waals surface area contributed by atoms with E-state index in [-0.39, 0.29) is 23.3 Å². The lowest BCUT2D eigenvalue weighted by Gasteiger charge is -2.27. The molecule has 0 N–H and O–H groups in total. The molecule has 1 fully saturated rings. The van der Waals surface area contributed by atoms with Crippen LogP contribution in [0.15, 0.2) is 51.8 Å². The number of amides is 2. The lowest BCUT2D eigenvalue weighted by molar-refractivity contribution is -0.130. The molecule has 1 aromatic heterocycles. The molecule has 2 amide bonds. The van der Waals surface area contributed by atoms with Crippen molar-refractivity contribution in [3.05, 3.63) is 63.8 Å². The van der Waals surface area contributed by atoms with Crippen molar-refractivity contribution < 1.29 is 18.0 Å².